The molecule has 0 aromatic carbocycles. The van der Waals surface area contributed by atoms with Gasteiger partial charge in [-0.2, -0.15) is 0 Å². The first kappa shape index (κ1) is 9.04. The summed E-state index contributed by atoms with van der Waals surface area (Å²) >= 11 is 0. The van der Waals surface area contributed by atoms with Gasteiger partial charge >= 0.3 is 0 Å². The molecular formula is C10H16N2. The average molecular weight is 164 g/mol. The lowest BCUT2D eigenvalue weighted by molar-refractivity contribution is 0.308. The highest BCUT2D eigenvalue weighted by molar-refractivity contribution is 5.32. The van der Waals surface area contributed by atoms with Gasteiger partial charge in [0.2, 0.25) is 0 Å². The average Bonchev–Trinajstić information content (AvgIpc) is 2.16. The fraction of sp³-hybridized carbons (Fsp3) is 0.500. The molecule has 1 aliphatic heterocycles. The smallest absolute Gasteiger partial charge is 0.0775 e. The molecule has 1 heterocycles. The molecule has 0 aromatic rings. The molecule has 0 amide bonds. The molecule has 2 heteroatoms. The van der Waals surface area contributed by atoms with Crippen molar-refractivity contribution in [2.45, 2.75) is 19.3 Å². The Balaban J connectivity index is 2.50. The Hall–Kier alpha value is -1.05. The highest BCUT2D eigenvalue weighted by atomic mass is 15.1. The number of allylic oxidation sites excluding steroid dienone is 1. The fourth-order valence-electron chi connectivity index (χ4n) is 1.39. The third kappa shape index (κ3) is 2.53. The van der Waals surface area contributed by atoms with Gasteiger partial charge in [0.05, 0.1) is 5.70 Å². The summed E-state index contributed by atoms with van der Waals surface area (Å²) in [6.07, 6.45) is 7.71. The monoisotopic (exact) mass is 164 g/mol. The van der Waals surface area contributed by atoms with Crippen LogP contribution >= 0.6 is 0 Å². The van der Waals surface area contributed by atoms with Crippen molar-refractivity contribution in [1.29, 1.82) is 0 Å². The molecule has 0 radical (unpaired) electrons. The van der Waals surface area contributed by atoms with Crippen molar-refractivity contribution in [3.8, 4) is 0 Å². The molecular weight excluding hydrogens is 148 g/mol. The third-order valence-corrected chi connectivity index (χ3v) is 2.10. The Kier molecular flexibility index (Phi) is 3.58. The number of nitrogens with zero attached hydrogens (tertiary/aromatic N) is 2. The van der Waals surface area contributed by atoms with Crippen LogP contribution in [0.25, 0.3) is 0 Å². The van der Waals surface area contributed by atoms with E-state index in [2.05, 4.69) is 23.2 Å². The topological polar surface area (TPSA) is 15.6 Å². The predicted molar refractivity (Wildman–Crippen MR) is 53.3 cm³/mol. The van der Waals surface area contributed by atoms with Crippen LogP contribution in [0.4, 0.5) is 0 Å². The standard InChI is InChI=1S/C10H16N2/c1-3-10(11-2)9-12-7-5-4-6-8-12/h3,9H,1-2,4-8H2/b10-9-. The Morgan fingerprint density at radius 3 is 2.42 bits per heavy atom. The fourth-order valence-corrected chi connectivity index (χ4v) is 1.39. The summed E-state index contributed by atoms with van der Waals surface area (Å²) in [4.78, 5) is 6.14. The van der Waals surface area contributed by atoms with Crippen molar-refractivity contribution < 1.29 is 0 Å². The molecule has 1 fully saturated rings. The zero-order chi connectivity index (χ0) is 8.81. The van der Waals surface area contributed by atoms with Gasteiger partial charge in [-0.05, 0) is 32.1 Å². The first-order chi connectivity index (χ1) is 5.86. The van der Waals surface area contributed by atoms with Crippen LogP contribution in [0.3, 0.4) is 0 Å². The SMILES string of the molecule is C=C/C(=C/N1CCCCC1)N=C. The van der Waals surface area contributed by atoms with Gasteiger partial charge in [0.15, 0.2) is 0 Å². The van der Waals surface area contributed by atoms with Crippen LogP contribution in [0.5, 0.6) is 0 Å². The zero-order valence-electron chi connectivity index (χ0n) is 7.50. The van der Waals surface area contributed by atoms with E-state index in [9.17, 15) is 0 Å². The van der Waals surface area contributed by atoms with E-state index in [0.29, 0.717) is 0 Å². The molecule has 0 aliphatic carbocycles. The third-order valence-electron chi connectivity index (χ3n) is 2.10. The number of likely N-dealkylation sites (tertiary alicyclic amines) is 1. The van der Waals surface area contributed by atoms with Gasteiger partial charge in [0.25, 0.3) is 0 Å². The molecule has 1 rings (SSSR count). The minimum Gasteiger partial charge on any atom is -0.376 e. The van der Waals surface area contributed by atoms with Crippen LogP contribution in [-0.2, 0) is 0 Å². The quantitative estimate of drug-likeness (QED) is 0.461. The minimum absolute atomic E-state index is 0.872. The van der Waals surface area contributed by atoms with Gasteiger partial charge < -0.3 is 4.90 Å². The summed E-state index contributed by atoms with van der Waals surface area (Å²) in [5.74, 6) is 0. The summed E-state index contributed by atoms with van der Waals surface area (Å²) in [5.41, 5.74) is 0.872. The Morgan fingerprint density at radius 1 is 1.25 bits per heavy atom. The molecule has 2 nitrogen and oxygen atoms in total. The van der Waals surface area contributed by atoms with Crippen LogP contribution in [0.15, 0.2) is 29.5 Å². The first-order valence-corrected chi connectivity index (χ1v) is 4.42. The maximum absolute atomic E-state index is 3.85. The van der Waals surface area contributed by atoms with Gasteiger partial charge in [0.1, 0.15) is 0 Å². The highest BCUT2D eigenvalue weighted by Gasteiger charge is 2.05. The summed E-state index contributed by atoms with van der Waals surface area (Å²) in [6, 6.07) is 0. The maximum Gasteiger partial charge on any atom is 0.0775 e. The molecule has 0 aromatic heterocycles. The van der Waals surface area contributed by atoms with E-state index < -0.39 is 0 Å². The largest absolute Gasteiger partial charge is 0.376 e. The highest BCUT2D eigenvalue weighted by Crippen LogP contribution is 2.10. The molecule has 0 N–H and O–H groups in total. The lowest BCUT2D eigenvalue weighted by Crippen LogP contribution is -2.24. The van der Waals surface area contributed by atoms with E-state index in [0.717, 1.165) is 18.8 Å². The molecule has 1 saturated heterocycles. The van der Waals surface area contributed by atoms with Crippen molar-refractivity contribution in [2.75, 3.05) is 13.1 Å². The van der Waals surface area contributed by atoms with E-state index in [1.54, 1.807) is 6.08 Å². The van der Waals surface area contributed by atoms with Crippen LogP contribution in [-0.4, -0.2) is 24.7 Å². The van der Waals surface area contributed by atoms with Crippen LogP contribution < -0.4 is 0 Å². The van der Waals surface area contributed by atoms with Crippen molar-refractivity contribution >= 4 is 6.72 Å². The normalized spacial score (nSPS) is 19.0. The Morgan fingerprint density at radius 2 is 1.92 bits per heavy atom. The lowest BCUT2D eigenvalue weighted by atomic mass is 10.1. The molecule has 12 heavy (non-hydrogen) atoms. The lowest BCUT2D eigenvalue weighted by Gasteiger charge is -2.25. The summed E-state index contributed by atoms with van der Waals surface area (Å²) in [6.45, 7) is 9.44. The number of aliphatic imine (C=N–C) groups is 1. The molecule has 1 aliphatic rings. The number of hydrogen-bond acceptors (Lipinski definition) is 2. The number of rotatable bonds is 3. The van der Waals surface area contributed by atoms with Gasteiger partial charge in [0, 0.05) is 19.3 Å². The first-order valence-electron chi connectivity index (χ1n) is 4.42. The number of piperidine rings is 1. The molecule has 0 bridgehead atoms. The predicted octanol–water partition coefficient (Wildman–Crippen LogP) is 2.20. The molecule has 0 saturated carbocycles. The van der Waals surface area contributed by atoms with Crippen molar-refractivity contribution in [1.82, 2.24) is 4.90 Å². The van der Waals surface area contributed by atoms with Crippen molar-refractivity contribution in [3.05, 3.63) is 24.6 Å². The second-order valence-electron chi connectivity index (χ2n) is 3.01. The van der Waals surface area contributed by atoms with Crippen molar-refractivity contribution in [3.63, 3.8) is 0 Å². The second-order valence-corrected chi connectivity index (χ2v) is 3.01. The van der Waals surface area contributed by atoms with Gasteiger partial charge in [-0.3, -0.25) is 4.99 Å². The Bertz CT molecular complexity index is 178. The van der Waals surface area contributed by atoms with Crippen LogP contribution in [0, 0.1) is 0 Å². The summed E-state index contributed by atoms with van der Waals surface area (Å²) in [7, 11) is 0. The van der Waals surface area contributed by atoms with Gasteiger partial charge in [-0.1, -0.05) is 6.58 Å². The van der Waals surface area contributed by atoms with E-state index >= 15 is 0 Å². The molecule has 0 atom stereocenters. The van der Waals surface area contributed by atoms with E-state index in [1.807, 2.05) is 6.20 Å². The van der Waals surface area contributed by atoms with E-state index in [-0.39, 0.29) is 0 Å². The van der Waals surface area contributed by atoms with Crippen molar-refractivity contribution in [2.24, 2.45) is 4.99 Å². The summed E-state index contributed by atoms with van der Waals surface area (Å²) < 4.78 is 0. The Labute approximate surface area is 74.3 Å². The van der Waals surface area contributed by atoms with Gasteiger partial charge in [-0.25, -0.2) is 0 Å². The summed E-state index contributed by atoms with van der Waals surface area (Å²) in [5, 5.41) is 0. The molecule has 0 spiro atoms. The van der Waals surface area contributed by atoms with Crippen LogP contribution in [0.2, 0.25) is 0 Å². The molecule has 66 valence electrons. The van der Waals surface area contributed by atoms with E-state index in [4.69, 9.17) is 0 Å². The second kappa shape index (κ2) is 4.75. The van der Waals surface area contributed by atoms with Gasteiger partial charge in [-0.15, -0.1) is 0 Å². The van der Waals surface area contributed by atoms with Crippen LogP contribution in [0.1, 0.15) is 19.3 Å². The molecule has 0 unspecified atom stereocenters. The minimum atomic E-state index is 0.872. The van der Waals surface area contributed by atoms with E-state index in [1.165, 1.54) is 19.3 Å². The number of hydrogen-bond donors (Lipinski definition) is 0. The maximum atomic E-state index is 3.85. The zero-order valence-corrected chi connectivity index (χ0v) is 7.50.